The Bertz CT molecular complexity index is 6420. The van der Waals surface area contributed by atoms with Gasteiger partial charge in [0.25, 0.3) is 0 Å². The highest BCUT2D eigenvalue weighted by Crippen LogP contribution is 2.45. The van der Waals surface area contributed by atoms with Gasteiger partial charge in [0.15, 0.2) is 5.79 Å². The van der Waals surface area contributed by atoms with E-state index in [9.17, 15) is 25.8 Å². The second-order valence-corrected chi connectivity index (χ2v) is 32.6. The van der Waals surface area contributed by atoms with Crippen molar-refractivity contribution in [1.82, 2.24) is 39.8 Å². The zero-order chi connectivity index (χ0) is 86.6. The molecule has 638 valence electrons. The van der Waals surface area contributed by atoms with Crippen molar-refractivity contribution < 1.29 is 56.7 Å². The number of carbonyl (C=O) groups is 1. The first-order chi connectivity index (χ1) is 61.6. The molecule has 0 radical (unpaired) electrons. The Morgan fingerprint density at radius 2 is 0.960 bits per heavy atom. The first-order valence-electron chi connectivity index (χ1n) is 43.1. The van der Waals surface area contributed by atoms with Gasteiger partial charge in [0, 0.05) is 154 Å². The van der Waals surface area contributed by atoms with Gasteiger partial charge in [-0.1, -0.05) is 71.9 Å². The molecule has 7 aromatic carbocycles. The predicted molar refractivity (Wildman–Crippen MR) is 481 cm³/mol. The van der Waals surface area contributed by atoms with Gasteiger partial charge in [0.2, 0.25) is 5.91 Å². The van der Waals surface area contributed by atoms with Gasteiger partial charge < -0.3 is 71.7 Å². The fourth-order valence-electron chi connectivity index (χ4n) is 17.4. The van der Waals surface area contributed by atoms with Crippen molar-refractivity contribution in [2.75, 3.05) is 80.2 Å². The number of pyridine rings is 1. The van der Waals surface area contributed by atoms with Crippen LogP contribution in [0.5, 0.6) is 23.0 Å². The highest BCUT2D eigenvalue weighted by atomic mass is 16.7. The van der Waals surface area contributed by atoms with Crippen LogP contribution in [0.15, 0.2) is 198 Å². The number of hydrogen-bond acceptors (Lipinski definition) is 19. The van der Waals surface area contributed by atoms with Crippen molar-refractivity contribution in [3.05, 3.63) is 244 Å². The van der Waals surface area contributed by atoms with Crippen molar-refractivity contribution in [2.45, 2.75) is 121 Å². The number of aryl methyl sites for hydroxylation is 3. The number of nitrogens with one attached hydrogen (secondary N) is 3. The number of allylic oxidation sites excluding steroid dienone is 2. The van der Waals surface area contributed by atoms with Crippen molar-refractivity contribution in [1.29, 1.82) is 21.0 Å². The lowest BCUT2D eigenvalue weighted by Gasteiger charge is -2.31. The summed E-state index contributed by atoms with van der Waals surface area (Å²) in [7, 11) is 5.37. The van der Waals surface area contributed by atoms with Crippen LogP contribution in [0.3, 0.4) is 0 Å². The van der Waals surface area contributed by atoms with Gasteiger partial charge in [-0.25, -0.2) is 0 Å². The molecule has 11 heterocycles. The summed E-state index contributed by atoms with van der Waals surface area (Å²) in [6.07, 6.45) is 22.2. The summed E-state index contributed by atoms with van der Waals surface area (Å²) in [5.41, 5.74) is 24.0. The molecule has 24 nitrogen and oxygen atoms in total. The third kappa shape index (κ3) is 19.0. The summed E-state index contributed by atoms with van der Waals surface area (Å²) < 4.78 is 65.0. The van der Waals surface area contributed by atoms with Crippen LogP contribution in [0, 0.1) is 59.2 Å². The number of hydrogen-bond donors (Lipinski definition) is 3. The number of H-pyrrole nitrogens is 3. The highest BCUT2D eigenvalue weighted by molar-refractivity contribution is 6.01. The Kier molecular flexibility index (Phi) is 25.9. The van der Waals surface area contributed by atoms with E-state index in [-0.39, 0.29) is 30.3 Å². The number of nitrogens with zero attached hydrogens (tertiary/aromatic N) is 9. The lowest BCUT2D eigenvalue weighted by molar-refractivity contribution is -0.161. The molecule has 1 amide bonds. The third-order valence-electron chi connectivity index (χ3n) is 24.2. The van der Waals surface area contributed by atoms with Crippen LogP contribution in [0.25, 0.3) is 112 Å². The van der Waals surface area contributed by atoms with E-state index in [1.807, 2.05) is 153 Å². The van der Waals surface area contributed by atoms with E-state index in [0.717, 1.165) is 205 Å². The molecule has 7 aliphatic rings. The summed E-state index contributed by atoms with van der Waals surface area (Å²) in [4.78, 5) is 28.3. The molecular weight excluding hydrogens is 1590 g/mol. The zero-order valence-electron chi connectivity index (χ0n) is 71.3. The lowest BCUT2D eigenvalue weighted by Crippen LogP contribution is -2.31. The Morgan fingerprint density at radius 3 is 1.38 bits per heavy atom. The van der Waals surface area contributed by atoms with Crippen LogP contribution >= 0.6 is 0 Å². The molecule has 6 aromatic heterocycles. The number of carbonyl (C=O) groups excluding carboxylic acids is 1. The van der Waals surface area contributed by atoms with Crippen LogP contribution in [0.2, 0.25) is 0 Å². The van der Waals surface area contributed by atoms with Gasteiger partial charge in [-0.05, 0) is 185 Å². The molecule has 0 saturated carbocycles. The average molecular weight is 1680 g/mol. The molecule has 5 fully saturated rings. The normalized spacial score (nSPS) is 16.5. The maximum atomic E-state index is 11.8. The van der Waals surface area contributed by atoms with Gasteiger partial charge >= 0.3 is 0 Å². The minimum atomic E-state index is -0.402. The Morgan fingerprint density at radius 1 is 0.516 bits per heavy atom. The van der Waals surface area contributed by atoms with Crippen LogP contribution in [0.1, 0.15) is 121 Å². The Balaban J connectivity index is 0.000000119. The van der Waals surface area contributed by atoms with Gasteiger partial charge in [-0.2, -0.15) is 26.1 Å². The van der Waals surface area contributed by atoms with E-state index >= 15 is 0 Å². The van der Waals surface area contributed by atoms with Crippen molar-refractivity contribution >= 4 is 50.8 Å². The molecule has 3 N–H and O–H groups in total. The first kappa shape index (κ1) is 84.5. The molecule has 126 heavy (non-hydrogen) atoms. The SMILES string of the molecule is CN(C)C(=O)/C=C/c1cc2c(-c3ccc(OC4CCOCC4)c(C#N)c3)cccc2[nH]1.Cc1noc(C)c1-c1cc2c(-c3ccc(OC4CCOCC4)c(C#N)c3)cccc2[nH]1.Cn1nccc1-c1cc2c(-c3ccc(OC4CCOCC4)c(C#N)c3)cccc2[nH]1.N#Cc1cc(-c2ccnc3c2C=C(C2=CCC4(CC2)OCCO4)C3)ccc1OC1CCOCC1. The topological polar surface area (TPSA) is 312 Å². The minimum Gasteiger partial charge on any atom is -0.489 e. The van der Waals surface area contributed by atoms with E-state index in [1.54, 1.807) is 32.4 Å². The molecule has 24 heteroatoms. The summed E-state index contributed by atoms with van der Waals surface area (Å²) in [6.45, 7) is 10.8. The molecule has 13 aromatic rings. The number of ether oxygens (including phenoxy) is 10. The number of fused-ring (bicyclic) bond motifs is 4. The van der Waals surface area contributed by atoms with E-state index in [2.05, 4.69) is 103 Å². The molecule has 5 saturated heterocycles. The second kappa shape index (κ2) is 38.6. The van der Waals surface area contributed by atoms with E-state index in [4.69, 9.17) is 51.9 Å². The number of aromatic nitrogens is 7. The largest absolute Gasteiger partial charge is 0.489 e. The highest BCUT2D eigenvalue weighted by Gasteiger charge is 2.39. The van der Waals surface area contributed by atoms with Crippen LogP contribution in [-0.2, 0) is 46.7 Å². The summed E-state index contributed by atoms with van der Waals surface area (Å²) in [5, 5.41) is 50.5. The third-order valence-corrected chi connectivity index (χ3v) is 24.2. The van der Waals surface area contributed by atoms with E-state index in [1.165, 1.54) is 16.0 Å². The van der Waals surface area contributed by atoms with Crippen LogP contribution < -0.4 is 18.9 Å². The zero-order valence-corrected chi connectivity index (χ0v) is 71.3. The Labute approximate surface area is 731 Å². The van der Waals surface area contributed by atoms with Gasteiger partial charge in [0.1, 0.15) is 77.5 Å². The number of amides is 1. The monoisotopic (exact) mass is 1680 g/mol. The lowest BCUT2D eigenvalue weighted by atomic mass is 9.89. The van der Waals surface area contributed by atoms with E-state index in [0.29, 0.717) is 111 Å². The fourth-order valence-corrected chi connectivity index (χ4v) is 17.4. The average Bonchev–Trinajstić information content (AvgIpc) is 1.62. The number of rotatable bonds is 17. The van der Waals surface area contributed by atoms with Crippen molar-refractivity contribution in [2.24, 2.45) is 7.05 Å². The molecule has 0 atom stereocenters. The first-order valence-corrected chi connectivity index (χ1v) is 43.1. The van der Waals surface area contributed by atoms with Gasteiger partial charge in [-0.15, -0.1) is 0 Å². The quantitative estimate of drug-likeness (QED) is 0.0713. The number of nitriles is 4. The summed E-state index contributed by atoms with van der Waals surface area (Å²) in [5.74, 6) is 2.86. The molecule has 0 bridgehead atoms. The van der Waals surface area contributed by atoms with E-state index < -0.39 is 5.79 Å². The number of likely N-dealkylation sites (N-methyl/N-ethyl adjacent to an activating group) is 1. The van der Waals surface area contributed by atoms with Crippen molar-refractivity contribution in [3.8, 4) is 114 Å². The fraction of sp³-hybridized carbons (Fsp3) is 0.314. The molecule has 2 aliphatic carbocycles. The van der Waals surface area contributed by atoms with Gasteiger partial charge in [-0.3, -0.25) is 14.5 Å². The van der Waals surface area contributed by atoms with Gasteiger partial charge in [0.05, 0.1) is 122 Å². The van der Waals surface area contributed by atoms with Crippen LogP contribution in [-0.4, -0.2) is 156 Å². The van der Waals surface area contributed by atoms with Crippen molar-refractivity contribution in [3.63, 3.8) is 0 Å². The number of benzene rings is 7. The minimum absolute atomic E-state index is 0.0716. The molecule has 0 unspecified atom stereocenters. The number of aromatic amines is 3. The summed E-state index contributed by atoms with van der Waals surface area (Å²) in [6, 6.07) is 61.2. The molecule has 5 aliphatic heterocycles. The molecule has 20 rings (SSSR count). The second-order valence-electron chi connectivity index (χ2n) is 32.6. The Hall–Kier alpha value is -13.7. The maximum Gasteiger partial charge on any atom is 0.246 e. The standard InChI is InChI=1S/C28H28N2O4.C25H23N3O3.C25H25N3O3.C24H22N4O2/c29-18-22-15-20(1-2-27(22)34-23-6-11-31-12-7-23)24-5-10-30-26-17-21(16-25(24)26)19-3-8-28(9-4-19)32-13-14-33-28;1-15-25(16(2)31-28-15)23-13-21-20(4-3-5-22(21)27-23)17-6-7-24(18(12-17)14-26)30-19-8-10-29-11-9-19;1-28(2)25(29)9-7-19-15-22-21(4-3-5-23(22)27-19)17-6-8-24(18(14-17)16-26)31-20-10-12-30-13-11-20;1-28-23(7-10-26-28)22-14-20-19(3-2-4-21(20)27-22)16-5-6-24(17(13-16)15-25)30-18-8-11-29-12-9-18/h1-3,5,10,15-16,23H,4,6-9,11-14,17H2;3-7,12-13,19,27H,8-11H2,1-2H3;3-9,14-15,20,27H,10-13H2,1-2H3;2-7,10,13-14,18,27H,8-9,11-12H2,1H3/b;;9-7+;. The molecule has 1 spiro atoms. The van der Waals surface area contributed by atoms with Crippen LogP contribution in [0.4, 0.5) is 0 Å². The molecular formula is C102H98N12O12. The smallest absolute Gasteiger partial charge is 0.246 e. The predicted octanol–water partition coefficient (Wildman–Crippen LogP) is 19.5. The maximum absolute atomic E-state index is 11.8. The summed E-state index contributed by atoms with van der Waals surface area (Å²) >= 11 is 0.